The van der Waals surface area contributed by atoms with E-state index in [0.717, 1.165) is 6.07 Å². The van der Waals surface area contributed by atoms with Crippen molar-refractivity contribution in [3.05, 3.63) is 23.8 Å². The zero-order valence-electron chi connectivity index (χ0n) is 7.26. The minimum atomic E-state index is -4.32. The van der Waals surface area contributed by atoms with Crippen LogP contribution in [-0.2, 0) is 10.1 Å². The van der Waals surface area contributed by atoms with Gasteiger partial charge < -0.3 is 0 Å². The molecule has 0 radical (unpaired) electrons. The number of hydrogen-bond acceptors (Lipinski definition) is 4. The molecule has 7 heteroatoms. The van der Waals surface area contributed by atoms with E-state index in [0.29, 0.717) is 0 Å². The van der Waals surface area contributed by atoms with E-state index in [1.54, 1.807) is 0 Å². The van der Waals surface area contributed by atoms with E-state index >= 15 is 0 Å². The van der Waals surface area contributed by atoms with Crippen molar-refractivity contribution in [1.82, 2.24) is 0 Å². The Morgan fingerprint density at radius 1 is 1.40 bits per heavy atom. The summed E-state index contributed by atoms with van der Waals surface area (Å²) in [6.45, 7) is 1.31. The van der Waals surface area contributed by atoms with Gasteiger partial charge in [-0.15, -0.1) is 12.6 Å². The van der Waals surface area contributed by atoms with Crippen molar-refractivity contribution in [2.24, 2.45) is 0 Å². The van der Waals surface area contributed by atoms with Crippen LogP contribution in [0.1, 0.15) is 17.3 Å². The Balaban J connectivity index is 0.00000196. The van der Waals surface area contributed by atoms with Gasteiger partial charge in [0.15, 0.2) is 5.78 Å². The summed E-state index contributed by atoms with van der Waals surface area (Å²) in [7, 11) is -4.32. The Morgan fingerprint density at radius 2 is 1.93 bits per heavy atom. The molecular formula is C8H9NaO4S2. The van der Waals surface area contributed by atoms with Crippen LogP contribution in [0.15, 0.2) is 28.0 Å². The van der Waals surface area contributed by atoms with Crippen LogP contribution in [-0.4, -0.2) is 48.3 Å². The summed E-state index contributed by atoms with van der Waals surface area (Å²) in [4.78, 5) is 10.7. The Kier molecular flexibility index (Phi) is 5.52. The summed E-state index contributed by atoms with van der Waals surface area (Å²) >= 11 is 3.86. The van der Waals surface area contributed by atoms with Crippen LogP contribution in [0.3, 0.4) is 0 Å². The number of rotatable bonds is 2. The minimum absolute atomic E-state index is 0. The van der Waals surface area contributed by atoms with E-state index < -0.39 is 10.1 Å². The zero-order valence-corrected chi connectivity index (χ0v) is 8.97. The van der Waals surface area contributed by atoms with Crippen molar-refractivity contribution in [3.8, 4) is 0 Å². The summed E-state index contributed by atoms with van der Waals surface area (Å²) in [6, 6.07) is 3.89. The molecule has 0 amide bonds. The van der Waals surface area contributed by atoms with Gasteiger partial charge in [0, 0.05) is 10.5 Å². The number of carbonyl (C=O) groups is 1. The van der Waals surface area contributed by atoms with Crippen LogP contribution in [0.2, 0.25) is 0 Å². The van der Waals surface area contributed by atoms with Gasteiger partial charge in [-0.1, -0.05) is 6.07 Å². The topological polar surface area (TPSA) is 71.4 Å². The average Bonchev–Trinajstić information content (AvgIpc) is 2.02. The predicted octanol–water partition coefficient (Wildman–Crippen LogP) is 0.776. The Hall–Kier alpha value is 0.150. The van der Waals surface area contributed by atoms with E-state index in [1.807, 2.05) is 0 Å². The number of benzene rings is 1. The van der Waals surface area contributed by atoms with Crippen LogP contribution in [0, 0.1) is 0 Å². The average molecular weight is 256 g/mol. The van der Waals surface area contributed by atoms with Crippen molar-refractivity contribution < 1.29 is 17.8 Å². The molecule has 0 bridgehead atoms. The molecule has 15 heavy (non-hydrogen) atoms. The maximum atomic E-state index is 10.9. The number of carbonyl (C=O) groups excluding carboxylic acids is 1. The van der Waals surface area contributed by atoms with E-state index in [4.69, 9.17) is 4.55 Å². The molecule has 0 saturated carbocycles. The third kappa shape index (κ3) is 3.90. The first-order valence-corrected chi connectivity index (χ1v) is 5.52. The van der Waals surface area contributed by atoms with Crippen molar-refractivity contribution >= 4 is 58.1 Å². The summed E-state index contributed by atoms with van der Waals surface area (Å²) in [6.07, 6.45) is 0. The summed E-state index contributed by atoms with van der Waals surface area (Å²) in [5.41, 5.74) is 0.218. The molecule has 0 heterocycles. The van der Waals surface area contributed by atoms with Gasteiger partial charge in [0.25, 0.3) is 10.1 Å². The van der Waals surface area contributed by atoms with Crippen LogP contribution in [0.25, 0.3) is 0 Å². The van der Waals surface area contributed by atoms with E-state index in [2.05, 4.69) is 12.6 Å². The van der Waals surface area contributed by atoms with E-state index in [9.17, 15) is 13.2 Å². The normalized spacial score (nSPS) is 10.6. The monoisotopic (exact) mass is 256 g/mol. The second kappa shape index (κ2) is 5.47. The molecule has 1 aromatic carbocycles. The van der Waals surface area contributed by atoms with Gasteiger partial charge in [0.05, 0.1) is 0 Å². The third-order valence-electron chi connectivity index (χ3n) is 1.64. The first kappa shape index (κ1) is 15.2. The molecule has 0 atom stereocenters. The second-order valence-electron chi connectivity index (χ2n) is 2.71. The second-order valence-corrected chi connectivity index (χ2v) is 4.59. The molecule has 0 unspecified atom stereocenters. The fourth-order valence-electron chi connectivity index (χ4n) is 0.940. The van der Waals surface area contributed by atoms with Crippen molar-refractivity contribution in [2.75, 3.05) is 0 Å². The van der Waals surface area contributed by atoms with Crippen LogP contribution in [0.5, 0.6) is 0 Å². The quantitative estimate of drug-likeness (QED) is 0.355. The van der Waals surface area contributed by atoms with E-state index in [1.165, 1.54) is 19.1 Å². The van der Waals surface area contributed by atoms with Gasteiger partial charge in [-0.2, -0.15) is 8.42 Å². The summed E-state index contributed by atoms with van der Waals surface area (Å²) in [5, 5.41) is 0. The molecule has 1 aromatic rings. The molecule has 1 rings (SSSR count). The van der Waals surface area contributed by atoms with Crippen LogP contribution in [0.4, 0.5) is 0 Å². The first-order chi connectivity index (χ1) is 6.32. The molecule has 0 fully saturated rings. The van der Waals surface area contributed by atoms with Crippen molar-refractivity contribution in [1.29, 1.82) is 0 Å². The Morgan fingerprint density at radius 3 is 2.33 bits per heavy atom. The summed E-state index contributed by atoms with van der Waals surface area (Å²) in [5.74, 6) is -0.275. The molecule has 0 aromatic heterocycles. The van der Waals surface area contributed by atoms with Crippen LogP contribution < -0.4 is 0 Å². The number of hydrogen-bond donors (Lipinski definition) is 2. The van der Waals surface area contributed by atoms with Crippen molar-refractivity contribution in [2.45, 2.75) is 16.7 Å². The zero-order chi connectivity index (χ0) is 10.9. The van der Waals surface area contributed by atoms with Gasteiger partial charge in [0.2, 0.25) is 0 Å². The molecule has 0 aliphatic carbocycles. The molecule has 0 aliphatic rings. The number of thiol groups is 1. The first-order valence-electron chi connectivity index (χ1n) is 3.64. The van der Waals surface area contributed by atoms with Gasteiger partial charge in [0.1, 0.15) is 4.90 Å². The molecule has 0 spiro atoms. The molecule has 78 valence electrons. The molecule has 4 nitrogen and oxygen atoms in total. The maximum absolute atomic E-state index is 10.9. The molecular weight excluding hydrogens is 247 g/mol. The van der Waals surface area contributed by atoms with Gasteiger partial charge in [-0.05, 0) is 19.1 Å². The van der Waals surface area contributed by atoms with Crippen molar-refractivity contribution in [3.63, 3.8) is 0 Å². The van der Waals surface area contributed by atoms with Crippen LogP contribution >= 0.6 is 12.6 Å². The van der Waals surface area contributed by atoms with E-state index in [-0.39, 0.29) is 50.7 Å². The SMILES string of the molecule is CC(=O)c1ccc(S)c(S(=O)(=O)O)c1.[NaH]. The van der Waals surface area contributed by atoms with Gasteiger partial charge in [-0.3, -0.25) is 9.35 Å². The number of Topliss-reactive ketones (excluding diaryl/α,β-unsaturated/α-hetero) is 1. The molecule has 0 aliphatic heterocycles. The fourth-order valence-corrected chi connectivity index (χ4v) is 2.03. The van der Waals surface area contributed by atoms with Gasteiger partial charge in [-0.25, -0.2) is 0 Å². The number of ketones is 1. The van der Waals surface area contributed by atoms with Gasteiger partial charge >= 0.3 is 29.6 Å². The standard InChI is InChI=1S/C8H8O4S2.Na.H/c1-5(9)6-2-3-7(13)8(4-6)14(10,11)12;;/h2-4,13H,1H3,(H,10,11,12);;. The molecule has 1 N–H and O–H groups in total. The fraction of sp³-hybridized carbons (Fsp3) is 0.125. The Bertz CT molecular complexity index is 481. The molecule has 0 saturated heterocycles. The summed E-state index contributed by atoms with van der Waals surface area (Å²) < 4.78 is 30.4. The Labute approximate surface area is 116 Å². The predicted molar refractivity (Wildman–Crippen MR) is 60.7 cm³/mol. The third-order valence-corrected chi connectivity index (χ3v) is 3.08.